The molecule has 8 nitrogen and oxygen atoms in total. The molecule has 0 spiro atoms. The van der Waals surface area contributed by atoms with Crippen LogP contribution in [0.3, 0.4) is 0 Å². The lowest BCUT2D eigenvalue weighted by Gasteiger charge is -2.58. The Labute approximate surface area is 161 Å². The molecule has 148 valence electrons. The van der Waals surface area contributed by atoms with Crippen LogP contribution in [-0.2, 0) is 14.3 Å². The van der Waals surface area contributed by atoms with E-state index in [0.29, 0.717) is 11.5 Å². The van der Waals surface area contributed by atoms with Crippen LogP contribution in [0.25, 0.3) is 0 Å². The molecule has 1 aromatic rings. The van der Waals surface area contributed by atoms with E-state index in [4.69, 9.17) is 4.74 Å². The SMILES string of the molecule is CCOC1CC(NC(=O)C(C)Sc2ccc([N+](=O)[O-])cc2)(C(=O)O)C1(C)C. The molecule has 0 radical (unpaired) electrons. The molecular formula is C18H24N2O6S. The average Bonchev–Trinajstić information content (AvgIpc) is 2.60. The largest absolute Gasteiger partial charge is 0.479 e. The zero-order valence-corrected chi connectivity index (χ0v) is 16.5. The Morgan fingerprint density at radius 2 is 2.00 bits per heavy atom. The van der Waals surface area contributed by atoms with Gasteiger partial charge in [0.05, 0.1) is 16.3 Å². The number of carbonyl (C=O) groups excluding carboxylic acids is 1. The predicted molar refractivity (Wildman–Crippen MR) is 101 cm³/mol. The molecule has 1 fully saturated rings. The van der Waals surface area contributed by atoms with E-state index in [1.165, 1.54) is 23.9 Å². The van der Waals surface area contributed by atoms with Gasteiger partial charge in [0.25, 0.3) is 5.69 Å². The highest BCUT2D eigenvalue weighted by atomic mass is 32.2. The monoisotopic (exact) mass is 396 g/mol. The number of thioether (sulfide) groups is 1. The van der Waals surface area contributed by atoms with Gasteiger partial charge in [0.1, 0.15) is 5.54 Å². The zero-order chi connectivity index (χ0) is 20.4. The van der Waals surface area contributed by atoms with E-state index >= 15 is 0 Å². The summed E-state index contributed by atoms with van der Waals surface area (Å²) in [6.45, 7) is 7.55. The Balaban J connectivity index is 2.07. The highest BCUT2D eigenvalue weighted by molar-refractivity contribution is 8.00. The molecule has 3 atom stereocenters. The maximum absolute atomic E-state index is 12.6. The zero-order valence-electron chi connectivity index (χ0n) is 15.7. The number of carbonyl (C=O) groups is 2. The lowest BCUT2D eigenvalue weighted by Crippen LogP contribution is -2.76. The number of nitrogens with zero attached hydrogens (tertiary/aromatic N) is 1. The van der Waals surface area contributed by atoms with Gasteiger partial charge in [0.2, 0.25) is 5.91 Å². The number of nitrogens with one attached hydrogen (secondary N) is 1. The van der Waals surface area contributed by atoms with Gasteiger partial charge in [-0.1, -0.05) is 13.8 Å². The van der Waals surface area contributed by atoms with Crippen LogP contribution in [0.5, 0.6) is 0 Å². The summed E-state index contributed by atoms with van der Waals surface area (Å²) < 4.78 is 5.59. The first-order chi connectivity index (χ1) is 12.5. The number of aliphatic carboxylic acids is 1. The van der Waals surface area contributed by atoms with Crippen molar-refractivity contribution in [2.45, 2.75) is 55.9 Å². The molecule has 0 aliphatic heterocycles. The van der Waals surface area contributed by atoms with Crippen molar-refractivity contribution < 1.29 is 24.4 Å². The molecule has 9 heteroatoms. The van der Waals surface area contributed by atoms with Gasteiger partial charge in [-0.25, -0.2) is 4.79 Å². The maximum Gasteiger partial charge on any atom is 0.330 e. The van der Waals surface area contributed by atoms with Gasteiger partial charge in [-0.05, 0) is 26.0 Å². The standard InChI is InChI=1S/C18H24N2O6S/c1-5-26-14-10-18(16(22)23,17(14,3)4)19-15(21)11(2)27-13-8-6-12(7-9-13)20(24)25/h6-9,11,14H,5,10H2,1-4H3,(H,19,21)(H,22,23). The second-order valence-electron chi connectivity index (χ2n) is 7.08. The van der Waals surface area contributed by atoms with Gasteiger partial charge in [-0.15, -0.1) is 11.8 Å². The minimum atomic E-state index is -1.38. The molecule has 0 aromatic heterocycles. The van der Waals surface area contributed by atoms with Crippen molar-refractivity contribution in [3.05, 3.63) is 34.4 Å². The van der Waals surface area contributed by atoms with Crippen LogP contribution >= 0.6 is 11.8 Å². The van der Waals surface area contributed by atoms with E-state index in [1.54, 1.807) is 32.9 Å². The van der Waals surface area contributed by atoms with Crippen molar-refractivity contribution in [1.29, 1.82) is 0 Å². The second kappa shape index (κ2) is 7.85. The number of benzene rings is 1. The molecule has 1 aliphatic rings. The van der Waals surface area contributed by atoms with Crippen molar-refractivity contribution >= 4 is 29.3 Å². The number of hydrogen-bond acceptors (Lipinski definition) is 6. The quantitative estimate of drug-likeness (QED) is 0.394. The molecule has 3 unspecified atom stereocenters. The summed E-state index contributed by atoms with van der Waals surface area (Å²) in [7, 11) is 0. The van der Waals surface area contributed by atoms with Crippen molar-refractivity contribution in [3.8, 4) is 0 Å². The summed E-state index contributed by atoms with van der Waals surface area (Å²) in [5.74, 6) is -1.48. The summed E-state index contributed by atoms with van der Waals surface area (Å²) in [5, 5.41) is 22.6. The number of hydrogen-bond donors (Lipinski definition) is 2. The van der Waals surface area contributed by atoms with Crippen LogP contribution in [0.2, 0.25) is 0 Å². The van der Waals surface area contributed by atoms with Gasteiger partial charge in [0, 0.05) is 35.5 Å². The van der Waals surface area contributed by atoms with E-state index < -0.39 is 33.0 Å². The second-order valence-corrected chi connectivity index (χ2v) is 8.49. The first-order valence-corrected chi connectivity index (χ1v) is 9.51. The molecule has 2 rings (SSSR count). The van der Waals surface area contributed by atoms with Crippen LogP contribution in [0, 0.1) is 15.5 Å². The van der Waals surface area contributed by atoms with Gasteiger partial charge in [-0.3, -0.25) is 14.9 Å². The Morgan fingerprint density at radius 1 is 1.41 bits per heavy atom. The van der Waals surface area contributed by atoms with Gasteiger partial charge in [-0.2, -0.15) is 0 Å². The smallest absolute Gasteiger partial charge is 0.330 e. The molecule has 0 heterocycles. The van der Waals surface area contributed by atoms with E-state index in [-0.39, 0.29) is 18.2 Å². The van der Waals surface area contributed by atoms with Gasteiger partial charge >= 0.3 is 5.97 Å². The Bertz CT molecular complexity index is 736. The number of amides is 1. The summed E-state index contributed by atoms with van der Waals surface area (Å²) >= 11 is 1.21. The van der Waals surface area contributed by atoms with E-state index in [9.17, 15) is 24.8 Å². The minimum Gasteiger partial charge on any atom is -0.479 e. The lowest BCUT2D eigenvalue weighted by molar-refractivity contribution is -0.384. The first-order valence-electron chi connectivity index (χ1n) is 8.63. The summed E-state index contributed by atoms with van der Waals surface area (Å²) in [6.07, 6.45) is -0.0272. The summed E-state index contributed by atoms with van der Waals surface area (Å²) in [4.78, 5) is 35.5. The van der Waals surface area contributed by atoms with E-state index in [2.05, 4.69) is 5.32 Å². The Kier molecular flexibility index (Phi) is 6.16. The number of carboxylic acids is 1. The molecule has 27 heavy (non-hydrogen) atoms. The van der Waals surface area contributed by atoms with Crippen molar-refractivity contribution in [2.24, 2.45) is 5.41 Å². The lowest BCUT2D eigenvalue weighted by atomic mass is 9.54. The van der Waals surface area contributed by atoms with Crippen LogP contribution in [0.1, 0.15) is 34.1 Å². The van der Waals surface area contributed by atoms with Crippen molar-refractivity contribution in [1.82, 2.24) is 5.32 Å². The van der Waals surface area contributed by atoms with Gasteiger partial charge < -0.3 is 15.2 Å². The van der Waals surface area contributed by atoms with Crippen LogP contribution in [0.4, 0.5) is 5.69 Å². The fourth-order valence-electron chi connectivity index (χ4n) is 3.25. The number of nitro groups is 1. The molecule has 1 aromatic carbocycles. The predicted octanol–water partition coefficient (Wildman–Crippen LogP) is 2.85. The maximum atomic E-state index is 12.6. The van der Waals surface area contributed by atoms with E-state index in [1.807, 2.05) is 6.92 Å². The molecule has 0 bridgehead atoms. The third-order valence-electron chi connectivity index (χ3n) is 5.20. The molecule has 2 N–H and O–H groups in total. The molecule has 1 aliphatic carbocycles. The molecule has 1 amide bonds. The van der Waals surface area contributed by atoms with Gasteiger partial charge in [0.15, 0.2) is 0 Å². The topological polar surface area (TPSA) is 119 Å². The molecular weight excluding hydrogens is 372 g/mol. The third-order valence-corrected chi connectivity index (χ3v) is 6.31. The third kappa shape index (κ3) is 3.93. The van der Waals surface area contributed by atoms with Crippen molar-refractivity contribution in [3.63, 3.8) is 0 Å². The number of ether oxygens (including phenoxy) is 1. The summed E-state index contributed by atoms with van der Waals surface area (Å²) in [6, 6.07) is 5.87. The fraction of sp³-hybridized carbons (Fsp3) is 0.556. The minimum absolute atomic E-state index is 0.0283. The highest BCUT2D eigenvalue weighted by Crippen LogP contribution is 2.51. The number of carboxylic acid groups (broad SMARTS) is 1. The normalized spacial score (nSPS) is 24.5. The average molecular weight is 396 g/mol. The molecule has 1 saturated carbocycles. The summed E-state index contributed by atoms with van der Waals surface area (Å²) in [5.41, 5.74) is -2.16. The fourth-order valence-corrected chi connectivity index (χ4v) is 4.12. The molecule has 0 saturated heterocycles. The number of nitro benzene ring substituents is 1. The Morgan fingerprint density at radius 3 is 2.44 bits per heavy atom. The van der Waals surface area contributed by atoms with E-state index in [0.717, 1.165) is 0 Å². The number of rotatable bonds is 8. The number of non-ortho nitro benzene ring substituents is 1. The Hall–Kier alpha value is -2.13. The first kappa shape index (κ1) is 21.2. The van der Waals surface area contributed by atoms with Crippen LogP contribution in [0.15, 0.2) is 29.2 Å². The van der Waals surface area contributed by atoms with Crippen LogP contribution < -0.4 is 5.32 Å². The van der Waals surface area contributed by atoms with Crippen LogP contribution in [-0.4, -0.2) is 45.4 Å². The highest BCUT2D eigenvalue weighted by Gasteiger charge is 2.66. The van der Waals surface area contributed by atoms with Crippen molar-refractivity contribution in [2.75, 3.05) is 6.61 Å².